The summed E-state index contributed by atoms with van der Waals surface area (Å²) in [6.45, 7) is 2.13. The van der Waals surface area contributed by atoms with Crippen molar-refractivity contribution in [3.05, 3.63) is 54.1 Å². The van der Waals surface area contributed by atoms with Crippen LogP contribution in [0.4, 0.5) is 11.4 Å². The van der Waals surface area contributed by atoms with Gasteiger partial charge in [-0.1, -0.05) is 37.3 Å². The fourth-order valence-corrected chi connectivity index (χ4v) is 3.00. The molecule has 0 fully saturated rings. The number of sulfone groups is 1. The molecule has 0 aliphatic heterocycles. The molecule has 0 spiro atoms. The number of nitrogens with one attached hydrogen (secondary N) is 1. The van der Waals surface area contributed by atoms with Gasteiger partial charge in [-0.15, -0.1) is 0 Å². The van der Waals surface area contributed by atoms with Crippen molar-refractivity contribution in [3.63, 3.8) is 0 Å². The highest BCUT2D eigenvalue weighted by Gasteiger charge is 2.15. The third-order valence-corrected chi connectivity index (χ3v) is 4.91. The highest BCUT2D eigenvalue weighted by Crippen LogP contribution is 2.23. The lowest BCUT2D eigenvalue weighted by molar-refractivity contribution is 0.597. The molecule has 0 aliphatic carbocycles. The van der Waals surface area contributed by atoms with Crippen molar-refractivity contribution < 1.29 is 8.42 Å². The minimum Gasteiger partial charge on any atom is -0.398 e. The Morgan fingerprint density at radius 3 is 2.40 bits per heavy atom. The van der Waals surface area contributed by atoms with E-state index in [0.29, 0.717) is 22.8 Å². The van der Waals surface area contributed by atoms with Gasteiger partial charge < -0.3 is 11.1 Å². The summed E-state index contributed by atoms with van der Waals surface area (Å²) < 4.78 is 24.1. The summed E-state index contributed by atoms with van der Waals surface area (Å²) in [5.74, 6) is 0.0825. The Hall–Kier alpha value is -2.01. The average molecular weight is 290 g/mol. The first-order valence-corrected chi connectivity index (χ1v) is 8.09. The van der Waals surface area contributed by atoms with Crippen molar-refractivity contribution in [2.24, 2.45) is 0 Å². The maximum atomic E-state index is 12.0. The summed E-state index contributed by atoms with van der Waals surface area (Å²) in [4.78, 5) is 0.331. The van der Waals surface area contributed by atoms with E-state index in [1.54, 1.807) is 25.1 Å². The van der Waals surface area contributed by atoms with Crippen LogP contribution in [-0.2, 0) is 16.4 Å². The molecule has 0 saturated carbocycles. The topological polar surface area (TPSA) is 72.2 Å². The van der Waals surface area contributed by atoms with Gasteiger partial charge in [-0.25, -0.2) is 8.42 Å². The molecule has 0 amide bonds. The lowest BCUT2D eigenvalue weighted by Crippen LogP contribution is -2.09. The second-order valence-electron chi connectivity index (χ2n) is 4.45. The second kappa shape index (κ2) is 5.96. The van der Waals surface area contributed by atoms with Crippen LogP contribution in [0.15, 0.2) is 53.4 Å². The van der Waals surface area contributed by atoms with Crippen LogP contribution in [0.5, 0.6) is 0 Å². The molecule has 0 heterocycles. The molecule has 0 unspecified atom stereocenters. The number of hydrogen-bond acceptors (Lipinski definition) is 4. The lowest BCUT2D eigenvalue weighted by Gasteiger charge is -2.12. The molecule has 0 bridgehead atoms. The number of para-hydroxylation sites is 2. The van der Waals surface area contributed by atoms with Gasteiger partial charge in [0, 0.05) is 12.2 Å². The van der Waals surface area contributed by atoms with Crippen LogP contribution in [0.25, 0.3) is 0 Å². The SMILES string of the molecule is CCS(=O)(=O)c1ccccc1NCc1ccccc1N. The van der Waals surface area contributed by atoms with E-state index in [9.17, 15) is 8.42 Å². The number of nitrogen functional groups attached to an aromatic ring is 1. The van der Waals surface area contributed by atoms with Crippen LogP contribution in [0.1, 0.15) is 12.5 Å². The molecule has 5 heteroatoms. The zero-order valence-corrected chi connectivity index (χ0v) is 12.2. The fraction of sp³-hybridized carbons (Fsp3) is 0.200. The highest BCUT2D eigenvalue weighted by atomic mass is 32.2. The summed E-state index contributed by atoms with van der Waals surface area (Å²) in [7, 11) is -3.24. The molecule has 2 aromatic carbocycles. The Morgan fingerprint density at radius 1 is 1.05 bits per heavy atom. The Bertz CT molecular complexity index is 697. The van der Waals surface area contributed by atoms with Crippen molar-refractivity contribution >= 4 is 21.2 Å². The molecular weight excluding hydrogens is 272 g/mol. The number of nitrogens with two attached hydrogens (primary N) is 1. The quantitative estimate of drug-likeness (QED) is 0.830. The Kier molecular flexibility index (Phi) is 4.29. The van der Waals surface area contributed by atoms with E-state index < -0.39 is 9.84 Å². The number of rotatable bonds is 5. The van der Waals surface area contributed by atoms with Crippen molar-refractivity contribution in [3.8, 4) is 0 Å². The van der Waals surface area contributed by atoms with E-state index in [4.69, 9.17) is 5.73 Å². The van der Waals surface area contributed by atoms with Crippen LogP contribution in [-0.4, -0.2) is 14.2 Å². The van der Waals surface area contributed by atoms with Crippen molar-refractivity contribution in [2.75, 3.05) is 16.8 Å². The lowest BCUT2D eigenvalue weighted by atomic mass is 10.2. The zero-order valence-electron chi connectivity index (χ0n) is 11.3. The Balaban J connectivity index is 2.25. The normalized spacial score (nSPS) is 11.2. The van der Waals surface area contributed by atoms with E-state index in [1.807, 2.05) is 30.3 Å². The van der Waals surface area contributed by atoms with E-state index in [1.165, 1.54) is 0 Å². The van der Waals surface area contributed by atoms with E-state index >= 15 is 0 Å². The summed E-state index contributed by atoms with van der Waals surface area (Å²) in [6, 6.07) is 14.4. The maximum absolute atomic E-state index is 12.0. The molecule has 3 N–H and O–H groups in total. The van der Waals surface area contributed by atoms with Gasteiger partial charge in [0.05, 0.1) is 16.3 Å². The second-order valence-corrected chi connectivity index (χ2v) is 6.70. The van der Waals surface area contributed by atoms with Crippen molar-refractivity contribution in [2.45, 2.75) is 18.4 Å². The van der Waals surface area contributed by atoms with Gasteiger partial charge in [-0.3, -0.25) is 0 Å². The van der Waals surface area contributed by atoms with E-state index in [-0.39, 0.29) is 5.75 Å². The van der Waals surface area contributed by atoms with Gasteiger partial charge in [-0.2, -0.15) is 0 Å². The number of benzene rings is 2. The third-order valence-electron chi connectivity index (χ3n) is 3.13. The maximum Gasteiger partial charge on any atom is 0.180 e. The summed E-state index contributed by atoms with van der Waals surface area (Å²) >= 11 is 0. The molecule has 0 saturated heterocycles. The van der Waals surface area contributed by atoms with Gasteiger partial charge >= 0.3 is 0 Å². The fourth-order valence-electron chi connectivity index (χ4n) is 1.93. The first-order chi connectivity index (χ1) is 9.54. The largest absolute Gasteiger partial charge is 0.398 e. The molecule has 4 nitrogen and oxygen atoms in total. The number of anilines is 2. The summed E-state index contributed by atoms with van der Waals surface area (Å²) in [5, 5.41) is 3.15. The minimum atomic E-state index is -3.24. The first-order valence-electron chi connectivity index (χ1n) is 6.43. The van der Waals surface area contributed by atoms with Crippen molar-refractivity contribution in [1.29, 1.82) is 0 Å². The molecule has 0 radical (unpaired) electrons. The van der Waals surface area contributed by atoms with Gasteiger partial charge in [0.15, 0.2) is 9.84 Å². The predicted octanol–water partition coefficient (Wildman–Crippen LogP) is 2.67. The monoisotopic (exact) mass is 290 g/mol. The molecule has 106 valence electrons. The van der Waals surface area contributed by atoms with Crippen molar-refractivity contribution in [1.82, 2.24) is 0 Å². The first kappa shape index (κ1) is 14.4. The average Bonchev–Trinajstić information content (AvgIpc) is 2.47. The van der Waals surface area contributed by atoms with Gasteiger partial charge in [-0.05, 0) is 23.8 Å². The van der Waals surface area contributed by atoms with Crippen LogP contribution < -0.4 is 11.1 Å². The molecular formula is C15H18N2O2S. The zero-order chi connectivity index (χ0) is 14.6. The Morgan fingerprint density at radius 2 is 1.70 bits per heavy atom. The van der Waals surface area contributed by atoms with Crippen LogP contribution in [0.2, 0.25) is 0 Å². The number of hydrogen-bond donors (Lipinski definition) is 2. The van der Waals surface area contributed by atoms with E-state index in [2.05, 4.69) is 5.32 Å². The highest BCUT2D eigenvalue weighted by molar-refractivity contribution is 7.91. The predicted molar refractivity (Wildman–Crippen MR) is 82.3 cm³/mol. The van der Waals surface area contributed by atoms with Crippen LogP contribution >= 0.6 is 0 Å². The minimum absolute atomic E-state index is 0.0825. The molecule has 2 rings (SSSR count). The molecule has 0 aliphatic rings. The van der Waals surface area contributed by atoms with E-state index in [0.717, 1.165) is 5.56 Å². The molecule has 0 aromatic heterocycles. The van der Waals surface area contributed by atoms with Crippen LogP contribution in [0.3, 0.4) is 0 Å². The summed E-state index contributed by atoms with van der Waals surface area (Å²) in [5.41, 5.74) is 8.12. The van der Waals surface area contributed by atoms with Gasteiger partial charge in [0.1, 0.15) is 0 Å². The summed E-state index contributed by atoms with van der Waals surface area (Å²) in [6.07, 6.45) is 0. The molecule has 0 atom stereocenters. The standard InChI is InChI=1S/C15H18N2O2S/c1-2-20(18,19)15-10-6-5-9-14(15)17-11-12-7-3-4-8-13(12)16/h3-10,17H,2,11,16H2,1H3. The van der Waals surface area contributed by atoms with Gasteiger partial charge in [0.25, 0.3) is 0 Å². The molecule has 20 heavy (non-hydrogen) atoms. The molecule has 2 aromatic rings. The third kappa shape index (κ3) is 3.11. The smallest absolute Gasteiger partial charge is 0.180 e. The van der Waals surface area contributed by atoms with Crippen LogP contribution in [0, 0.1) is 0 Å². The van der Waals surface area contributed by atoms with Gasteiger partial charge in [0.2, 0.25) is 0 Å². The Labute approximate surface area is 119 Å².